The van der Waals surface area contributed by atoms with Gasteiger partial charge in [-0.2, -0.15) is 0 Å². The van der Waals surface area contributed by atoms with E-state index in [4.69, 9.17) is 13.6 Å². The Morgan fingerprint density at radius 1 is 1.21 bits per heavy atom. The van der Waals surface area contributed by atoms with E-state index in [1.807, 2.05) is 19.9 Å². The van der Waals surface area contributed by atoms with Gasteiger partial charge in [0.15, 0.2) is 12.4 Å². The van der Waals surface area contributed by atoms with Crippen LogP contribution in [0.2, 0.25) is 0 Å². The van der Waals surface area contributed by atoms with Crippen LogP contribution in [0.25, 0.3) is 22.5 Å². The highest BCUT2D eigenvalue weighted by atomic mass is 16.5. The minimum absolute atomic E-state index is 0.00348. The van der Waals surface area contributed by atoms with Crippen molar-refractivity contribution in [3.05, 3.63) is 51.9 Å². The predicted octanol–water partition coefficient (Wildman–Crippen LogP) is 4.50. The molecule has 4 rings (SSSR count). The van der Waals surface area contributed by atoms with Crippen LogP contribution in [0, 0.1) is 13.8 Å². The molecule has 1 aromatic carbocycles. The average Bonchev–Trinajstić information content (AvgIpc) is 3.23. The van der Waals surface area contributed by atoms with Crippen molar-refractivity contribution in [2.75, 3.05) is 6.61 Å². The van der Waals surface area contributed by atoms with Crippen LogP contribution in [0.4, 0.5) is 0 Å². The summed E-state index contributed by atoms with van der Waals surface area (Å²) >= 11 is 0. The highest BCUT2D eigenvalue weighted by molar-refractivity contribution is 5.85. The quantitative estimate of drug-likeness (QED) is 0.688. The van der Waals surface area contributed by atoms with Crippen molar-refractivity contribution in [3.63, 3.8) is 0 Å². The summed E-state index contributed by atoms with van der Waals surface area (Å²) in [5.41, 5.74) is 1.99. The third-order valence-corrected chi connectivity index (χ3v) is 5.34. The lowest BCUT2D eigenvalue weighted by molar-refractivity contribution is -0.124. The van der Waals surface area contributed by atoms with Gasteiger partial charge in [-0.25, -0.2) is 0 Å². The van der Waals surface area contributed by atoms with Gasteiger partial charge in [0, 0.05) is 6.04 Å². The van der Waals surface area contributed by atoms with Crippen molar-refractivity contribution in [3.8, 4) is 17.3 Å². The summed E-state index contributed by atoms with van der Waals surface area (Å²) in [6, 6.07) is 7.32. The standard InChI is InChI=1S/C23H25NO5/c1-14-11-15(2)21-17(12-14)20(26)23(22(29-21)18-9-6-10-27-18)28-13-19(25)24-16-7-4-3-5-8-16/h6,9-12,16H,3-5,7-8,13H2,1-2H3,(H,24,25). The van der Waals surface area contributed by atoms with Crippen LogP contribution in [-0.4, -0.2) is 18.6 Å². The van der Waals surface area contributed by atoms with Gasteiger partial charge >= 0.3 is 0 Å². The number of amides is 1. The Morgan fingerprint density at radius 2 is 2.00 bits per heavy atom. The summed E-state index contributed by atoms with van der Waals surface area (Å²) in [7, 11) is 0. The maximum absolute atomic E-state index is 13.2. The number of nitrogens with one attached hydrogen (secondary N) is 1. The second-order valence-electron chi connectivity index (χ2n) is 7.72. The lowest BCUT2D eigenvalue weighted by Crippen LogP contribution is -2.39. The zero-order chi connectivity index (χ0) is 20.4. The Balaban J connectivity index is 1.66. The van der Waals surface area contributed by atoms with E-state index in [-0.39, 0.29) is 35.5 Å². The number of carbonyl (C=O) groups excluding carboxylic acids is 1. The van der Waals surface area contributed by atoms with Crippen LogP contribution < -0.4 is 15.5 Å². The van der Waals surface area contributed by atoms with Gasteiger partial charge in [0.05, 0.1) is 11.6 Å². The summed E-state index contributed by atoms with van der Waals surface area (Å²) in [5.74, 6) is 0.343. The summed E-state index contributed by atoms with van der Waals surface area (Å²) in [4.78, 5) is 25.6. The van der Waals surface area contributed by atoms with Gasteiger partial charge in [-0.15, -0.1) is 0 Å². The van der Waals surface area contributed by atoms with Crippen molar-refractivity contribution in [1.82, 2.24) is 5.32 Å². The first-order chi connectivity index (χ1) is 14.0. The number of hydrogen-bond donors (Lipinski definition) is 1. The fraction of sp³-hybridized carbons (Fsp3) is 0.391. The Labute approximate surface area is 168 Å². The molecule has 6 nitrogen and oxygen atoms in total. The molecule has 2 aromatic heterocycles. The Kier molecular flexibility index (Phi) is 5.43. The minimum Gasteiger partial charge on any atom is -0.476 e. The zero-order valence-electron chi connectivity index (χ0n) is 16.7. The molecular weight excluding hydrogens is 370 g/mol. The summed E-state index contributed by atoms with van der Waals surface area (Å²) in [5, 5.41) is 3.43. The Morgan fingerprint density at radius 3 is 2.72 bits per heavy atom. The van der Waals surface area contributed by atoms with E-state index in [1.165, 1.54) is 12.7 Å². The number of fused-ring (bicyclic) bond motifs is 1. The SMILES string of the molecule is Cc1cc(C)c2oc(-c3ccco3)c(OCC(=O)NC3CCCCC3)c(=O)c2c1. The molecule has 1 saturated carbocycles. The summed E-state index contributed by atoms with van der Waals surface area (Å²) < 4.78 is 17.2. The fourth-order valence-electron chi connectivity index (χ4n) is 3.99. The Bertz CT molecular complexity index is 1070. The van der Waals surface area contributed by atoms with Crippen LogP contribution in [0.3, 0.4) is 0 Å². The summed E-state index contributed by atoms with van der Waals surface area (Å²) in [6.45, 7) is 3.57. The molecule has 0 bridgehead atoms. The first kappa shape index (κ1) is 19.3. The lowest BCUT2D eigenvalue weighted by Gasteiger charge is -2.22. The molecule has 1 amide bonds. The third-order valence-electron chi connectivity index (χ3n) is 5.34. The molecule has 152 valence electrons. The molecule has 1 N–H and O–H groups in total. The average molecular weight is 395 g/mol. The molecule has 1 aliphatic carbocycles. The van der Waals surface area contributed by atoms with Gasteiger partial charge in [-0.1, -0.05) is 25.3 Å². The molecule has 6 heteroatoms. The maximum atomic E-state index is 13.2. The molecule has 0 atom stereocenters. The lowest BCUT2D eigenvalue weighted by atomic mass is 9.95. The van der Waals surface area contributed by atoms with Crippen molar-refractivity contribution < 1.29 is 18.4 Å². The first-order valence-electron chi connectivity index (χ1n) is 10.1. The zero-order valence-corrected chi connectivity index (χ0v) is 16.7. The number of hydrogen-bond acceptors (Lipinski definition) is 5. The van der Waals surface area contributed by atoms with E-state index in [1.54, 1.807) is 18.2 Å². The molecule has 3 aromatic rings. The van der Waals surface area contributed by atoms with Crippen molar-refractivity contribution in [1.29, 1.82) is 0 Å². The van der Waals surface area contributed by atoms with Gasteiger partial charge in [0.2, 0.25) is 16.9 Å². The molecule has 0 aliphatic heterocycles. The highest BCUT2D eigenvalue weighted by Gasteiger charge is 2.22. The molecule has 0 spiro atoms. The molecule has 0 saturated heterocycles. The number of furan rings is 1. The van der Waals surface area contributed by atoms with Crippen molar-refractivity contribution in [2.45, 2.75) is 52.0 Å². The van der Waals surface area contributed by atoms with Crippen LogP contribution in [0.1, 0.15) is 43.2 Å². The van der Waals surface area contributed by atoms with E-state index in [9.17, 15) is 9.59 Å². The smallest absolute Gasteiger partial charge is 0.258 e. The van der Waals surface area contributed by atoms with E-state index < -0.39 is 0 Å². The van der Waals surface area contributed by atoms with Gasteiger partial charge in [-0.3, -0.25) is 9.59 Å². The molecule has 0 unspecified atom stereocenters. The molecular formula is C23H25NO5. The number of rotatable bonds is 5. The van der Waals surface area contributed by atoms with Gasteiger partial charge in [0.1, 0.15) is 5.58 Å². The van der Waals surface area contributed by atoms with Crippen LogP contribution in [0.5, 0.6) is 5.75 Å². The minimum atomic E-state index is -0.310. The van der Waals surface area contributed by atoms with E-state index >= 15 is 0 Å². The van der Waals surface area contributed by atoms with Gasteiger partial charge < -0.3 is 18.9 Å². The number of aryl methyl sites for hydroxylation is 2. The molecule has 0 radical (unpaired) electrons. The second-order valence-corrected chi connectivity index (χ2v) is 7.72. The number of carbonyl (C=O) groups is 1. The van der Waals surface area contributed by atoms with Crippen molar-refractivity contribution >= 4 is 16.9 Å². The van der Waals surface area contributed by atoms with Crippen LogP contribution >= 0.6 is 0 Å². The first-order valence-corrected chi connectivity index (χ1v) is 10.1. The number of benzene rings is 1. The highest BCUT2D eigenvalue weighted by Crippen LogP contribution is 2.32. The normalized spacial score (nSPS) is 14.8. The second kappa shape index (κ2) is 8.15. The van der Waals surface area contributed by atoms with Crippen LogP contribution in [0.15, 0.2) is 44.2 Å². The monoisotopic (exact) mass is 395 g/mol. The fourth-order valence-corrected chi connectivity index (χ4v) is 3.99. The van der Waals surface area contributed by atoms with E-state index in [0.29, 0.717) is 16.7 Å². The van der Waals surface area contributed by atoms with E-state index in [2.05, 4.69) is 5.32 Å². The predicted molar refractivity (Wildman–Crippen MR) is 110 cm³/mol. The molecule has 2 heterocycles. The van der Waals surface area contributed by atoms with Crippen molar-refractivity contribution in [2.24, 2.45) is 0 Å². The number of ether oxygens (including phenoxy) is 1. The van der Waals surface area contributed by atoms with Gasteiger partial charge in [-0.05, 0) is 56.0 Å². The molecule has 29 heavy (non-hydrogen) atoms. The maximum Gasteiger partial charge on any atom is 0.258 e. The Hall–Kier alpha value is -3.02. The largest absolute Gasteiger partial charge is 0.476 e. The van der Waals surface area contributed by atoms with Gasteiger partial charge in [0.25, 0.3) is 5.91 Å². The molecule has 1 aliphatic rings. The van der Waals surface area contributed by atoms with Crippen LogP contribution in [-0.2, 0) is 4.79 Å². The third kappa shape index (κ3) is 4.06. The van der Waals surface area contributed by atoms with E-state index in [0.717, 1.165) is 36.8 Å². The topological polar surface area (TPSA) is 81.7 Å². The summed E-state index contributed by atoms with van der Waals surface area (Å²) in [6.07, 6.45) is 6.94. The molecule has 1 fully saturated rings.